The summed E-state index contributed by atoms with van der Waals surface area (Å²) in [5.74, 6) is 1.10. The zero-order chi connectivity index (χ0) is 21.1. The number of nitrogens with zero attached hydrogens (tertiary/aromatic N) is 3. The maximum atomic E-state index is 12.6. The summed E-state index contributed by atoms with van der Waals surface area (Å²) in [6.07, 6.45) is -0.156. The Bertz CT molecular complexity index is 1060. The molecule has 1 N–H and O–H groups in total. The van der Waals surface area contributed by atoms with E-state index in [2.05, 4.69) is 15.1 Å². The number of halogens is 3. The van der Waals surface area contributed by atoms with Crippen LogP contribution in [0, 0.1) is 0 Å². The summed E-state index contributed by atoms with van der Waals surface area (Å²) in [6.45, 7) is 0.156. The molecular formula is C22H18F3N3O2. The molecule has 0 fully saturated rings. The predicted octanol–water partition coefficient (Wildman–Crippen LogP) is 5.26. The van der Waals surface area contributed by atoms with Crippen molar-refractivity contribution in [2.75, 3.05) is 0 Å². The maximum absolute atomic E-state index is 12.6. The van der Waals surface area contributed by atoms with Gasteiger partial charge in [-0.15, -0.1) is 0 Å². The van der Waals surface area contributed by atoms with E-state index >= 15 is 0 Å². The first kappa shape index (κ1) is 19.9. The Morgan fingerprint density at radius 2 is 1.73 bits per heavy atom. The van der Waals surface area contributed by atoms with Gasteiger partial charge < -0.3 is 9.94 Å². The van der Waals surface area contributed by atoms with Crippen molar-refractivity contribution < 1.29 is 23.1 Å². The van der Waals surface area contributed by atoms with Crippen LogP contribution in [0.2, 0.25) is 0 Å². The van der Waals surface area contributed by atoms with Crippen molar-refractivity contribution in [3.05, 3.63) is 77.1 Å². The van der Waals surface area contributed by atoms with Gasteiger partial charge in [-0.25, -0.2) is 9.97 Å². The summed E-state index contributed by atoms with van der Waals surface area (Å²) < 4.78 is 43.5. The zero-order valence-corrected chi connectivity index (χ0v) is 15.9. The molecule has 4 rings (SSSR count). The summed E-state index contributed by atoms with van der Waals surface area (Å²) >= 11 is 0. The number of fused-ring (bicyclic) bond motifs is 1. The van der Waals surface area contributed by atoms with E-state index in [4.69, 9.17) is 4.74 Å². The van der Waals surface area contributed by atoms with Gasteiger partial charge in [-0.3, -0.25) is 0 Å². The highest BCUT2D eigenvalue weighted by molar-refractivity contribution is 6.00. The van der Waals surface area contributed by atoms with Crippen LogP contribution in [-0.4, -0.2) is 20.9 Å². The van der Waals surface area contributed by atoms with Gasteiger partial charge in [0.1, 0.15) is 18.1 Å². The second kappa shape index (κ2) is 8.14. The average Bonchev–Trinajstić information content (AvgIpc) is 2.77. The third-order valence-electron chi connectivity index (χ3n) is 4.92. The standard InChI is InChI=1S/C22H18F3N3O2/c23-22(24,25)17-8-4-14(5-9-17)13-30-18-10-6-15(7-11-18)21-26-12-16-2-1-3-19(28-29)20(16)27-21/h4-12,29H,1-3,13H2/b28-19+. The molecule has 1 aliphatic carbocycles. The Kier molecular flexibility index (Phi) is 5.39. The van der Waals surface area contributed by atoms with Crippen molar-refractivity contribution in [1.29, 1.82) is 0 Å². The average molecular weight is 413 g/mol. The second-order valence-corrected chi connectivity index (χ2v) is 6.98. The van der Waals surface area contributed by atoms with Crippen molar-refractivity contribution in [1.82, 2.24) is 9.97 Å². The van der Waals surface area contributed by atoms with Crippen LogP contribution in [0.15, 0.2) is 59.9 Å². The molecule has 1 aromatic heterocycles. The van der Waals surface area contributed by atoms with Gasteiger partial charge in [0.15, 0.2) is 5.82 Å². The molecule has 0 atom stereocenters. The normalized spacial score (nSPS) is 15.1. The van der Waals surface area contributed by atoms with Gasteiger partial charge >= 0.3 is 6.18 Å². The molecule has 3 aromatic rings. The molecule has 2 aromatic carbocycles. The van der Waals surface area contributed by atoms with E-state index in [0.717, 1.165) is 36.1 Å². The summed E-state index contributed by atoms with van der Waals surface area (Å²) in [4.78, 5) is 8.95. The van der Waals surface area contributed by atoms with Gasteiger partial charge in [0.05, 0.1) is 11.3 Å². The molecule has 0 saturated heterocycles. The molecule has 1 heterocycles. The zero-order valence-electron chi connectivity index (χ0n) is 15.9. The lowest BCUT2D eigenvalue weighted by molar-refractivity contribution is -0.137. The predicted molar refractivity (Wildman–Crippen MR) is 105 cm³/mol. The largest absolute Gasteiger partial charge is 0.489 e. The van der Waals surface area contributed by atoms with Gasteiger partial charge in [-0.2, -0.15) is 13.2 Å². The van der Waals surface area contributed by atoms with Crippen molar-refractivity contribution >= 4 is 5.71 Å². The highest BCUT2D eigenvalue weighted by Gasteiger charge is 2.29. The molecule has 0 aliphatic heterocycles. The topological polar surface area (TPSA) is 67.6 Å². The number of benzene rings is 2. The Labute approximate surface area is 170 Å². The summed E-state index contributed by atoms with van der Waals surface area (Å²) in [7, 11) is 0. The molecule has 0 unspecified atom stereocenters. The lowest BCUT2D eigenvalue weighted by atomic mass is 9.95. The minimum absolute atomic E-state index is 0.156. The first-order valence-corrected chi connectivity index (χ1v) is 9.40. The van der Waals surface area contributed by atoms with Gasteiger partial charge in [-0.1, -0.05) is 17.3 Å². The smallest absolute Gasteiger partial charge is 0.416 e. The molecular weight excluding hydrogens is 395 g/mol. The number of oxime groups is 1. The van der Waals surface area contributed by atoms with Gasteiger partial charge in [0, 0.05) is 11.8 Å². The van der Waals surface area contributed by atoms with Crippen molar-refractivity contribution in [2.24, 2.45) is 5.16 Å². The molecule has 0 bridgehead atoms. The van der Waals surface area contributed by atoms with Gasteiger partial charge in [0.25, 0.3) is 0 Å². The highest BCUT2D eigenvalue weighted by Crippen LogP contribution is 2.29. The number of hydrogen-bond acceptors (Lipinski definition) is 5. The minimum Gasteiger partial charge on any atom is -0.489 e. The van der Waals surface area contributed by atoms with E-state index in [9.17, 15) is 18.4 Å². The summed E-state index contributed by atoms with van der Waals surface area (Å²) in [5, 5.41) is 12.6. The fourth-order valence-electron chi connectivity index (χ4n) is 3.30. The van der Waals surface area contributed by atoms with Crippen LogP contribution in [0.25, 0.3) is 11.4 Å². The number of ether oxygens (including phenoxy) is 1. The first-order chi connectivity index (χ1) is 14.4. The quantitative estimate of drug-likeness (QED) is 0.468. The Hall–Kier alpha value is -3.42. The molecule has 0 saturated carbocycles. The lowest BCUT2D eigenvalue weighted by Crippen LogP contribution is -2.15. The van der Waals surface area contributed by atoms with Crippen LogP contribution >= 0.6 is 0 Å². The molecule has 154 valence electrons. The van der Waals surface area contributed by atoms with Crippen LogP contribution in [0.5, 0.6) is 5.75 Å². The molecule has 8 heteroatoms. The second-order valence-electron chi connectivity index (χ2n) is 6.98. The molecule has 1 aliphatic rings. The van der Waals surface area contributed by atoms with Crippen molar-refractivity contribution in [2.45, 2.75) is 32.0 Å². The van der Waals surface area contributed by atoms with Crippen molar-refractivity contribution in [3.63, 3.8) is 0 Å². The van der Waals surface area contributed by atoms with E-state index in [0.29, 0.717) is 35.0 Å². The minimum atomic E-state index is -4.35. The van der Waals surface area contributed by atoms with Crippen LogP contribution < -0.4 is 4.74 Å². The molecule has 0 radical (unpaired) electrons. The third-order valence-corrected chi connectivity index (χ3v) is 4.92. The van der Waals surface area contributed by atoms with E-state index in [-0.39, 0.29) is 6.61 Å². The van der Waals surface area contributed by atoms with Crippen LogP contribution in [0.3, 0.4) is 0 Å². The van der Waals surface area contributed by atoms with E-state index in [1.54, 1.807) is 18.3 Å². The Morgan fingerprint density at radius 1 is 1.00 bits per heavy atom. The fourth-order valence-corrected chi connectivity index (χ4v) is 3.30. The van der Waals surface area contributed by atoms with E-state index < -0.39 is 11.7 Å². The van der Waals surface area contributed by atoms with Gasteiger partial charge in [-0.05, 0) is 66.8 Å². The number of alkyl halides is 3. The van der Waals surface area contributed by atoms with Gasteiger partial charge in [0.2, 0.25) is 0 Å². The summed E-state index contributed by atoms with van der Waals surface area (Å²) in [5.41, 5.74) is 2.94. The van der Waals surface area contributed by atoms with E-state index in [1.807, 2.05) is 12.1 Å². The molecule has 0 amide bonds. The number of aryl methyl sites for hydroxylation is 1. The van der Waals surface area contributed by atoms with Crippen LogP contribution in [0.1, 0.15) is 35.2 Å². The maximum Gasteiger partial charge on any atom is 0.416 e. The lowest BCUT2D eigenvalue weighted by Gasteiger charge is -2.16. The molecule has 30 heavy (non-hydrogen) atoms. The monoisotopic (exact) mass is 413 g/mol. The Morgan fingerprint density at radius 3 is 2.40 bits per heavy atom. The number of hydrogen-bond donors (Lipinski definition) is 1. The highest BCUT2D eigenvalue weighted by atomic mass is 19.4. The van der Waals surface area contributed by atoms with E-state index in [1.165, 1.54) is 12.1 Å². The number of aromatic nitrogens is 2. The third kappa shape index (κ3) is 4.27. The summed E-state index contributed by atoms with van der Waals surface area (Å²) in [6, 6.07) is 12.0. The fraction of sp³-hybridized carbons (Fsp3) is 0.227. The first-order valence-electron chi connectivity index (χ1n) is 9.40. The SMILES string of the molecule is O/N=C1\CCCc2cnc(-c3ccc(OCc4ccc(C(F)(F)F)cc4)cc3)nc21. The van der Waals surface area contributed by atoms with Crippen LogP contribution in [-0.2, 0) is 19.2 Å². The molecule has 0 spiro atoms. The number of rotatable bonds is 4. The van der Waals surface area contributed by atoms with Crippen molar-refractivity contribution in [3.8, 4) is 17.1 Å². The Balaban J connectivity index is 1.45. The molecule has 5 nitrogen and oxygen atoms in total. The van der Waals surface area contributed by atoms with Crippen LogP contribution in [0.4, 0.5) is 13.2 Å².